The SMILES string of the molecule is CCOC(=O)C(CC)(CN)Cc1nc(C)cs1. The van der Waals surface area contributed by atoms with Crippen molar-refractivity contribution in [3.8, 4) is 0 Å². The number of hydrogen-bond donors (Lipinski definition) is 1. The minimum atomic E-state index is -0.625. The molecular weight excluding hydrogens is 236 g/mol. The molecule has 2 N–H and O–H groups in total. The minimum absolute atomic E-state index is 0.210. The molecule has 0 saturated heterocycles. The lowest BCUT2D eigenvalue weighted by Crippen LogP contribution is -2.41. The van der Waals surface area contributed by atoms with Gasteiger partial charge in [0.15, 0.2) is 0 Å². The minimum Gasteiger partial charge on any atom is -0.466 e. The molecule has 0 spiro atoms. The van der Waals surface area contributed by atoms with E-state index >= 15 is 0 Å². The van der Waals surface area contributed by atoms with Crippen LogP contribution in [0.15, 0.2) is 5.38 Å². The van der Waals surface area contributed by atoms with Crippen molar-refractivity contribution in [2.45, 2.75) is 33.6 Å². The number of nitrogens with zero attached hydrogens (tertiary/aromatic N) is 1. The highest BCUT2D eigenvalue weighted by Gasteiger charge is 2.37. The van der Waals surface area contributed by atoms with Gasteiger partial charge in [-0.15, -0.1) is 11.3 Å². The molecular formula is C12H20N2O2S. The molecule has 0 aliphatic carbocycles. The van der Waals surface area contributed by atoms with Gasteiger partial charge in [-0.1, -0.05) is 6.92 Å². The molecule has 0 aliphatic heterocycles. The molecule has 0 amide bonds. The molecule has 0 bridgehead atoms. The van der Waals surface area contributed by atoms with Gasteiger partial charge in [-0.3, -0.25) is 4.79 Å². The van der Waals surface area contributed by atoms with Gasteiger partial charge in [0.1, 0.15) is 0 Å². The maximum Gasteiger partial charge on any atom is 0.313 e. The van der Waals surface area contributed by atoms with Crippen molar-refractivity contribution >= 4 is 17.3 Å². The van der Waals surface area contributed by atoms with Gasteiger partial charge in [-0.25, -0.2) is 4.98 Å². The lowest BCUT2D eigenvalue weighted by Gasteiger charge is -2.27. The summed E-state index contributed by atoms with van der Waals surface area (Å²) in [4.78, 5) is 16.4. The Morgan fingerprint density at radius 2 is 2.29 bits per heavy atom. The molecule has 1 heterocycles. The van der Waals surface area contributed by atoms with E-state index in [0.29, 0.717) is 26.0 Å². The first-order valence-electron chi connectivity index (χ1n) is 5.86. The summed E-state index contributed by atoms with van der Waals surface area (Å²) >= 11 is 1.57. The molecule has 1 aromatic heterocycles. The summed E-state index contributed by atoms with van der Waals surface area (Å²) in [5.74, 6) is -0.210. The molecule has 0 saturated carbocycles. The Bertz CT molecular complexity index is 372. The van der Waals surface area contributed by atoms with Gasteiger partial charge in [0.2, 0.25) is 0 Å². The van der Waals surface area contributed by atoms with E-state index in [1.165, 1.54) is 0 Å². The quantitative estimate of drug-likeness (QED) is 0.790. The Hall–Kier alpha value is -0.940. The molecule has 0 aliphatic rings. The first-order chi connectivity index (χ1) is 8.07. The predicted octanol–water partition coefficient (Wildman–Crippen LogP) is 1.91. The number of thiazole rings is 1. The lowest BCUT2D eigenvalue weighted by atomic mass is 9.82. The number of carbonyl (C=O) groups excluding carboxylic acids is 1. The number of esters is 1. The van der Waals surface area contributed by atoms with Crippen LogP contribution in [0.5, 0.6) is 0 Å². The Morgan fingerprint density at radius 3 is 2.71 bits per heavy atom. The molecule has 1 rings (SSSR count). The zero-order valence-corrected chi connectivity index (χ0v) is 11.5. The smallest absolute Gasteiger partial charge is 0.313 e. The molecule has 0 aromatic carbocycles. The summed E-state index contributed by atoms with van der Waals surface area (Å²) in [6.45, 7) is 6.39. The van der Waals surface area contributed by atoms with Crippen molar-refractivity contribution < 1.29 is 9.53 Å². The Morgan fingerprint density at radius 1 is 1.59 bits per heavy atom. The second kappa shape index (κ2) is 6.12. The fraction of sp³-hybridized carbons (Fsp3) is 0.667. The van der Waals surface area contributed by atoms with E-state index in [0.717, 1.165) is 10.7 Å². The summed E-state index contributed by atoms with van der Waals surface area (Å²) in [6.07, 6.45) is 1.23. The van der Waals surface area contributed by atoms with Gasteiger partial charge < -0.3 is 10.5 Å². The van der Waals surface area contributed by atoms with E-state index in [9.17, 15) is 4.79 Å². The van der Waals surface area contributed by atoms with Crippen LogP contribution in [0.4, 0.5) is 0 Å². The summed E-state index contributed by atoms with van der Waals surface area (Å²) in [6, 6.07) is 0. The molecule has 5 heteroatoms. The van der Waals surface area contributed by atoms with Gasteiger partial charge in [-0.05, 0) is 20.3 Å². The highest BCUT2D eigenvalue weighted by molar-refractivity contribution is 7.09. The molecule has 0 radical (unpaired) electrons. The number of nitrogens with two attached hydrogens (primary N) is 1. The van der Waals surface area contributed by atoms with Crippen LogP contribution in [0.1, 0.15) is 31.0 Å². The van der Waals surface area contributed by atoms with Crippen LogP contribution in [0.2, 0.25) is 0 Å². The lowest BCUT2D eigenvalue weighted by molar-refractivity contribution is -0.155. The van der Waals surface area contributed by atoms with Crippen molar-refractivity contribution in [1.82, 2.24) is 4.98 Å². The van der Waals surface area contributed by atoms with E-state index in [1.54, 1.807) is 11.3 Å². The molecule has 1 unspecified atom stereocenters. The van der Waals surface area contributed by atoms with Gasteiger partial charge in [0, 0.05) is 24.0 Å². The molecule has 17 heavy (non-hydrogen) atoms. The summed E-state index contributed by atoms with van der Waals surface area (Å²) in [5.41, 5.74) is 6.14. The standard InChI is InChI=1S/C12H20N2O2S/c1-4-12(8-13,11(15)16-5-2)6-10-14-9(3)7-17-10/h7H,4-6,8,13H2,1-3H3. The van der Waals surface area contributed by atoms with Crippen LogP contribution >= 0.6 is 11.3 Å². The predicted molar refractivity (Wildman–Crippen MR) is 69.0 cm³/mol. The summed E-state index contributed by atoms with van der Waals surface area (Å²) in [7, 11) is 0. The van der Waals surface area contributed by atoms with Gasteiger partial charge in [-0.2, -0.15) is 0 Å². The van der Waals surface area contributed by atoms with E-state index in [-0.39, 0.29) is 5.97 Å². The Balaban J connectivity index is 2.87. The average molecular weight is 256 g/mol. The highest BCUT2D eigenvalue weighted by atomic mass is 32.1. The topological polar surface area (TPSA) is 65.2 Å². The van der Waals surface area contributed by atoms with E-state index < -0.39 is 5.41 Å². The van der Waals surface area contributed by atoms with E-state index in [1.807, 2.05) is 26.2 Å². The third-order valence-corrected chi connectivity index (χ3v) is 3.90. The van der Waals surface area contributed by atoms with Crippen LogP contribution in [0, 0.1) is 12.3 Å². The summed E-state index contributed by atoms with van der Waals surface area (Å²) in [5, 5.41) is 2.93. The maximum atomic E-state index is 12.0. The number of hydrogen-bond acceptors (Lipinski definition) is 5. The maximum absolute atomic E-state index is 12.0. The second-order valence-electron chi connectivity index (χ2n) is 4.12. The van der Waals surface area contributed by atoms with Crippen molar-refractivity contribution in [2.24, 2.45) is 11.1 Å². The zero-order chi connectivity index (χ0) is 12.9. The Kier molecular flexibility index (Phi) is 5.08. The van der Waals surface area contributed by atoms with Crippen molar-refractivity contribution in [2.75, 3.05) is 13.2 Å². The van der Waals surface area contributed by atoms with Gasteiger partial charge >= 0.3 is 5.97 Å². The van der Waals surface area contributed by atoms with Crippen molar-refractivity contribution in [3.05, 3.63) is 16.1 Å². The van der Waals surface area contributed by atoms with Crippen LogP contribution in [-0.2, 0) is 16.0 Å². The number of aromatic nitrogens is 1. The average Bonchev–Trinajstić information content (AvgIpc) is 2.72. The van der Waals surface area contributed by atoms with Gasteiger partial charge in [0.05, 0.1) is 17.0 Å². The number of carbonyl (C=O) groups is 1. The molecule has 0 fully saturated rings. The fourth-order valence-corrected chi connectivity index (χ4v) is 2.61. The van der Waals surface area contributed by atoms with Crippen LogP contribution in [0.3, 0.4) is 0 Å². The monoisotopic (exact) mass is 256 g/mol. The molecule has 1 atom stereocenters. The first kappa shape index (κ1) is 14.1. The number of aryl methyl sites for hydroxylation is 1. The van der Waals surface area contributed by atoms with Gasteiger partial charge in [0.25, 0.3) is 0 Å². The molecule has 1 aromatic rings. The van der Waals surface area contributed by atoms with Crippen LogP contribution in [-0.4, -0.2) is 24.1 Å². The normalized spacial score (nSPS) is 14.4. The van der Waals surface area contributed by atoms with Crippen molar-refractivity contribution in [1.29, 1.82) is 0 Å². The number of ether oxygens (including phenoxy) is 1. The largest absolute Gasteiger partial charge is 0.466 e. The molecule has 96 valence electrons. The second-order valence-corrected chi connectivity index (χ2v) is 5.06. The fourth-order valence-electron chi connectivity index (χ4n) is 1.70. The highest BCUT2D eigenvalue weighted by Crippen LogP contribution is 2.29. The first-order valence-corrected chi connectivity index (χ1v) is 6.74. The summed E-state index contributed by atoms with van der Waals surface area (Å²) < 4.78 is 5.13. The van der Waals surface area contributed by atoms with E-state index in [2.05, 4.69) is 4.98 Å². The van der Waals surface area contributed by atoms with Crippen molar-refractivity contribution in [3.63, 3.8) is 0 Å². The Labute approximate surface area is 106 Å². The van der Waals surface area contributed by atoms with Crippen LogP contribution < -0.4 is 5.73 Å². The number of rotatable bonds is 6. The third kappa shape index (κ3) is 3.26. The van der Waals surface area contributed by atoms with Crippen LogP contribution in [0.25, 0.3) is 0 Å². The third-order valence-electron chi connectivity index (χ3n) is 2.93. The van der Waals surface area contributed by atoms with E-state index in [4.69, 9.17) is 10.5 Å². The molecule has 4 nitrogen and oxygen atoms in total. The zero-order valence-electron chi connectivity index (χ0n) is 10.7.